The Labute approximate surface area is 196 Å². The van der Waals surface area contributed by atoms with Crippen LogP contribution in [0.5, 0.6) is 5.75 Å². The van der Waals surface area contributed by atoms with Crippen LogP contribution in [0.15, 0.2) is 29.2 Å². The standard InChI is InChI=1S/C24H34N2O6S/c1-16-12-19(30-7)13-17(2)23(16)33(28,29)26-11-10-25-18(3)8-9-20(25)21(26)14-31-15-22(27)32-24(4,5)6/h8-9,12-13,21H,10-11,14-15H2,1-7H3. The molecule has 1 unspecified atom stereocenters. The number of fused-ring (bicyclic) bond motifs is 1. The van der Waals surface area contributed by atoms with Crippen molar-refractivity contribution in [2.45, 2.75) is 64.6 Å². The van der Waals surface area contributed by atoms with E-state index in [1.807, 2.05) is 19.1 Å². The predicted octanol–water partition coefficient (Wildman–Crippen LogP) is 3.53. The normalized spacial score (nSPS) is 17.0. The number of carbonyl (C=O) groups is 1. The van der Waals surface area contributed by atoms with Gasteiger partial charge in [-0.25, -0.2) is 13.2 Å². The molecule has 0 spiro atoms. The third-order valence-corrected chi connectivity index (χ3v) is 7.83. The molecule has 1 aliphatic rings. The number of carbonyl (C=O) groups excluding carboxylic acids is 1. The molecule has 0 saturated heterocycles. The lowest BCUT2D eigenvalue weighted by molar-refractivity contribution is -0.160. The second-order valence-corrected chi connectivity index (χ2v) is 11.2. The van der Waals surface area contributed by atoms with Crippen molar-refractivity contribution in [1.29, 1.82) is 0 Å². The average Bonchev–Trinajstić information content (AvgIpc) is 3.07. The van der Waals surface area contributed by atoms with Crippen LogP contribution in [-0.2, 0) is 30.8 Å². The second-order valence-electron chi connectivity index (χ2n) is 9.37. The van der Waals surface area contributed by atoms with Crippen LogP contribution in [0.1, 0.15) is 49.3 Å². The number of rotatable bonds is 7. The minimum absolute atomic E-state index is 0.0379. The van der Waals surface area contributed by atoms with Crippen LogP contribution in [0.25, 0.3) is 0 Å². The zero-order valence-corrected chi connectivity index (χ0v) is 21.3. The zero-order chi connectivity index (χ0) is 24.6. The van der Waals surface area contributed by atoms with E-state index in [2.05, 4.69) is 4.57 Å². The molecule has 33 heavy (non-hydrogen) atoms. The number of nitrogens with zero attached hydrogens (tertiary/aromatic N) is 2. The lowest BCUT2D eigenvalue weighted by atomic mass is 10.1. The van der Waals surface area contributed by atoms with Gasteiger partial charge in [0.2, 0.25) is 10.0 Å². The average molecular weight is 479 g/mol. The van der Waals surface area contributed by atoms with Gasteiger partial charge in [0, 0.05) is 24.5 Å². The van der Waals surface area contributed by atoms with Crippen molar-refractivity contribution in [3.8, 4) is 5.75 Å². The molecule has 0 amide bonds. The Hall–Kier alpha value is -2.36. The Bertz CT molecular complexity index is 1110. The molecule has 0 bridgehead atoms. The largest absolute Gasteiger partial charge is 0.497 e. The summed E-state index contributed by atoms with van der Waals surface area (Å²) in [4.78, 5) is 12.4. The lowest BCUT2D eigenvalue weighted by Crippen LogP contribution is -2.44. The third kappa shape index (κ3) is 5.42. The summed E-state index contributed by atoms with van der Waals surface area (Å²) >= 11 is 0. The van der Waals surface area contributed by atoms with E-state index in [1.165, 1.54) is 4.31 Å². The topological polar surface area (TPSA) is 87.1 Å². The molecule has 0 fully saturated rings. The molecule has 2 aromatic rings. The van der Waals surface area contributed by atoms with Crippen molar-refractivity contribution in [2.24, 2.45) is 0 Å². The maximum Gasteiger partial charge on any atom is 0.332 e. The molecule has 0 radical (unpaired) electrons. The van der Waals surface area contributed by atoms with Crippen LogP contribution in [0.4, 0.5) is 0 Å². The first-order valence-corrected chi connectivity index (χ1v) is 12.4. The summed E-state index contributed by atoms with van der Waals surface area (Å²) in [5.74, 6) is 0.130. The Morgan fingerprint density at radius 2 is 1.73 bits per heavy atom. The summed E-state index contributed by atoms with van der Waals surface area (Å²) in [5, 5.41) is 0. The van der Waals surface area contributed by atoms with Gasteiger partial charge in [-0.3, -0.25) is 0 Å². The number of ether oxygens (including phenoxy) is 3. The Morgan fingerprint density at radius 3 is 2.30 bits per heavy atom. The molecule has 3 rings (SSSR count). The van der Waals surface area contributed by atoms with Crippen molar-refractivity contribution >= 4 is 16.0 Å². The summed E-state index contributed by atoms with van der Waals surface area (Å²) in [7, 11) is -2.29. The van der Waals surface area contributed by atoms with Crippen LogP contribution < -0.4 is 4.74 Å². The monoisotopic (exact) mass is 478 g/mol. The molecule has 0 N–H and O–H groups in total. The third-order valence-electron chi connectivity index (χ3n) is 5.62. The summed E-state index contributed by atoms with van der Waals surface area (Å²) < 4.78 is 47.6. The van der Waals surface area contributed by atoms with Crippen molar-refractivity contribution < 1.29 is 27.4 Å². The number of aryl methyl sites for hydroxylation is 3. The maximum absolute atomic E-state index is 13.9. The highest BCUT2D eigenvalue weighted by Gasteiger charge is 2.39. The summed E-state index contributed by atoms with van der Waals surface area (Å²) in [6, 6.07) is 6.78. The molecule has 8 nitrogen and oxygen atoms in total. The lowest BCUT2D eigenvalue weighted by Gasteiger charge is -2.37. The van der Waals surface area contributed by atoms with E-state index >= 15 is 0 Å². The van der Waals surface area contributed by atoms with E-state index in [0.717, 1.165) is 11.4 Å². The van der Waals surface area contributed by atoms with Crippen LogP contribution in [0.2, 0.25) is 0 Å². The van der Waals surface area contributed by atoms with Gasteiger partial charge < -0.3 is 18.8 Å². The van der Waals surface area contributed by atoms with Gasteiger partial charge in [0.25, 0.3) is 0 Å². The number of methoxy groups -OCH3 is 1. The van der Waals surface area contributed by atoms with E-state index in [0.29, 0.717) is 30.0 Å². The predicted molar refractivity (Wildman–Crippen MR) is 125 cm³/mol. The fraction of sp³-hybridized carbons (Fsp3) is 0.542. The minimum Gasteiger partial charge on any atom is -0.497 e. The first-order valence-electron chi connectivity index (χ1n) is 11.0. The van der Waals surface area contributed by atoms with Crippen molar-refractivity contribution in [3.63, 3.8) is 0 Å². The molecule has 0 saturated carbocycles. The second kappa shape index (κ2) is 9.48. The van der Waals surface area contributed by atoms with E-state index in [9.17, 15) is 13.2 Å². The molecule has 1 atom stereocenters. The fourth-order valence-corrected chi connectivity index (χ4v) is 6.31. The van der Waals surface area contributed by atoms with Crippen molar-refractivity contribution in [3.05, 3.63) is 46.8 Å². The highest BCUT2D eigenvalue weighted by atomic mass is 32.2. The molecule has 2 heterocycles. The SMILES string of the molecule is COc1cc(C)c(S(=O)(=O)N2CCn3c(C)ccc3C2COCC(=O)OC(C)(C)C)c(C)c1. The molecular formula is C24H34N2O6S. The number of sulfonamides is 1. The van der Waals surface area contributed by atoms with E-state index in [4.69, 9.17) is 14.2 Å². The van der Waals surface area contributed by atoms with Gasteiger partial charge in [-0.1, -0.05) is 0 Å². The molecule has 1 aliphatic heterocycles. The van der Waals surface area contributed by atoms with E-state index in [1.54, 1.807) is 53.9 Å². The molecule has 1 aromatic carbocycles. The Kier molecular flexibility index (Phi) is 7.26. The quantitative estimate of drug-likeness (QED) is 0.566. The van der Waals surface area contributed by atoms with Gasteiger partial charge in [0.1, 0.15) is 18.0 Å². The van der Waals surface area contributed by atoms with Gasteiger partial charge in [0.15, 0.2) is 0 Å². The number of hydrogen-bond donors (Lipinski definition) is 0. The first-order chi connectivity index (χ1) is 15.3. The van der Waals surface area contributed by atoms with Crippen molar-refractivity contribution in [2.75, 3.05) is 26.9 Å². The minimum atomic E-state index is -3.84. The Morgan fingerprint density at radius 1 is 1.09 bits per heavy atom. The van der Waals surface area contributed by atoms with Crippen LogP contribution in [0.3, 0.4) is 0 Å². The molecule has 9 heteroatoms. The van der Waals surface area contributed by atoms with Gasteiger partial charge in [-0.2, -0.15) is 4.31 Å². The van der Waals surface area contributed by atoms with Gasteiger partial charge in [0.05, 0.1) is 24.7 Å². The first kappa shape index (κ1) is 25.3. The van der Waals surface area contributed by atoms with E-state index in [-0.39, 0.29) is 18.1 Å². The molecule has 182 valence electrons. The van der Waals surface area contributed by atoms with Gasteiger partial charge in [-0.15, -0.1) is 0 Å². The smallest absolute Gasteiger partial charge is 0.332 e. The highest BCUT2D eigenvalue weighted by Crippen LogP contribution is 2.36. The molecule has 1 aromatic heterocycles. The fourth-order valence-electron chi connectivity index (χ4n) is 4.32. The maximum atomic E-state index is 13.9. The van der Waals surface area contributed by atoms with Crippen LogP contribution in [-0.4, -0.2) is 55.7 Å². The number of aromatic nitrogens is 1. The van der Waals surface area contributed by atoms with E-state index < -0.39 is 27.6 Å². The van der Waals surface area contributed by atoms with Gasteiger partial charge in [-0.05, 0) is 76.9 Å². The number of benzene rings is 1. The molecular weight excluding hydrogens is 444 g/mol. The zero-order valence-electron chi connectivity index (χ0n) is 20.5. The van der Waals surface area contributed by atoms with Crippen molar-refractivity contribution in [1.82, 2.24) is 8.87 Å². The van der Waals surface area contributed by atoms with Gasteiger partial charge >= 0.3 is 5.97 Å². The molecule has 0 aliphatic carbocycles. The number of hydrogen-bond acceptors (Lipinski definition) is 6. The van der Waals surface area contributed by atoms with Crippen LogP contribution >= 0.6 is 0 Å². The Balaban J connectivity index is 1.92. The summed E-state index contributed by atoms with van der Waals surface area (Å²) in [5.41, 5.74) is 2.52. The number of esters is 1. The van der Waals surface area contributed by atoms with Crippen LogP contribution in [0, 0.1) is 20.8 Å². The summed E-state index contributed by atoms with van der Waals surface area (Å²) in [6.45, 7) is 11.5. The summed E-state index contributed by atoms with van der Waals surface area (Å²) in [6.07, 6.45) is 0. The highest BCUT2D eigenvalue weighted by molar-refractivity contribution is 7.89.